The number of carbonyl (C=O) groups is 2. The molecule has 31 heavy (non-hydrogen) atoms. The summed E-state index contributed by atoms with van der Waals surface area (Å²) >= 11 is 6.06. The van der Waals surface area contributed by atoms with Crippen LogP contribution in [-0.2, 0) is 11.3 Å². The minimum absolute atomic E-state index is 0.0249. The van der Waals surface area contributed by atoms with Gasteiger partial charge in [-0.1, -0.05) is 23.7 Å². The standard InChI is InChI=1S/C24H29ClN2O4/c1-18(28)20-8-9-22(23(16-20)30-2)31-14-4-7-24(29)27-12-10-26(11-13-27)17-19-5-3-6-21(25)15-19/h3,5-6,8-9,15-16H,4,7,10-14,17H2,1-2H3. The summed E-state index contributed by atoms with van der Waals surface area (Å²) in [6.07, 6.45) is 1.07. The fourth-order valence-corrected chi connectivity index (χ4v) is 3.83. The van der Waals surface area contributed by atoms with Crippen molar-refractivity contribution in [2.24, 2.45) is 0 Å². The number of hydrogen-bond donors (Lipinski definition) is 0. The summed E-state index contributed by atoms with van der Waals surface area (Å²) in [6.45, 7) is 5.96. The monoisotopic (exact) mass is 444 g/mol. The maximum atomic E-state index is 12.5. The van der Waals surface area contributed by atoms with Crippen LogP contribution >= 0.6 is 11.6 Å². The Balaban J connectivity index is 1.38. The molecule has 1 saturated heterocycles. The lowest BCUT2D eigenvalue weighted by Crippen LogP contribution is -2.48. The summed E-state index contributed by atoms with van der Waals surface area (Å²) in [7, 11) is 1.54. The fraction of sp³-hybridized carbons (Fsp3) is 0.417. The first-order chi connectivity index (χ1) is 15.0. The van der Waals surface area contributed by atoms with Crippen LogP contribution in [-0.4, -0.2) is 61.4 Å². The maximum Gasteiger partial charge on any atom is 0.222 e. The first kappa shape index (κ1) is 23.1. The molecule has 2 aromatic carbocycles. The lowest BCUT2D eigenvalue weighted by molar-refractivity contribution is -0.133. The average Bonchev–Trinajstić information content (AvgIpc) is 2.77. The summed E-state index contributed by atoms with van der Waals surface area (Å²) < 4.78 is 11.1. The number of ketones is 1. The number of ether oxygens (including phenoxy) is 2. The average molecular weight is 445 g/mol. The Morgan fingerprint density at radius 2 is 1.81 bits per heavy atom. The second kappa shape index (κ2) is 11.2. The van der Waals surface area contributed by atoms with Gasteiger partial charge < -0.3 is 14.4 Å². The molecule has 166 valence electrons. The molecule has 0 unspecified atom stereocenters. The Kier molecular flexibility index (Phi) is 8.32. The van der Waals surface area contributed by atoms with E-state index in [1.807, 2.05) is 23.1 Å². The van der Waals surface area contributed by atoms with Gasteiger partial charge in [0.1, 0.15) is 0 Å². The van der Waals surface area contributed by atoms with Crippen molar-refractivity contribution in [3.63, 3.8) is 0 Å². The summed E-state index contributed by atoms with van der Waals surface area (Å²) in [5.74, 6) is 1.23. The van der Waals surface area contributed by atoms with Crippen LogP contribution in [0, 0.1) is 0 Å². The number of piperazine rings is 1. The van der Waals surface area contributed by atoms with Crippen LogP contribution in [0.4, 0.5) is 0 Å². The fourth-order valence-electron chi connectivity index (χ4n) is 3.62. The highest BCUT2D eigenvalue weighted by Crippen LogP contribution is 2.28. The molecule has 1 fully saturated rings. The summed E-state index contributed by atoms with van der Waals surface area (Å²) in [4.78, 5) is 28.3. The lowest BCUT2D eigenvalue weighted by Gasteiger charge is -2.34. The first-order valence-electron chi connectivity index (χ1n) is 10.5. The molecular formula is C24H29ClN2O4. The molecule has 3 rings (SSSR count). The molecule has 0 saturated carbocycles. The van der Waals surface area contributed by atoms with Gasteiger partial charge in [0, 0.05) is 49.7 Å². The maximum absolute atomic E-state index is 12.5. The van der Waals surface area contributed by atoms with Crippen molar-refractivity contribution in [2.45, 2.75) is 26.3 Å². The normalized spacial score (nSPS) is 14.4. The molecule has 0 N–H and O–H groups in total. The molecule has 7 heteroatoms. The summed E-state index contributed by atoms with van der Waals surface area (Å²) in [5.41, 5.74) is 1.77. The SMILES string of the molecule is COc1cc(C(C)=O)ccc1OCCCC(=O)N1CCN(Cc2cccc(Cl)c2)CC1. The smallest absolute Gasteiger partial charge is 0.222 e. The number of nitrogens with zero attached hydrogens (tertiary/aromatic N) is 2. The molecular weight excluding hydrogens is 416 g/mol. The number of hydrogen-bond acceptors (Lipinski definition) is 5. The minimum atomic E-state index is -0.0249. The molecule has 1 aliphatic heterocycles. The van der Waals surface area contributed by atoms with E-state index in [2.05, 4.69) is 11.0 Å². The third-order valence-corrected chi connectivity index (χ3v) is 5.62. The third kappa shape index (κ3) is 6.71. The van der Waals surface area contributed by atoms with Crippen molar-refractivity contribution >= 4 is 23.3 Å². The Labute approximate surface area is 188 Å². The van der Waals surface area contributed by atoms with Gasteiger partial charge in [-0.25, -0.2) is 0 Å². The molecule has 0 aromatic heterocycles. The number of carbonyl (C=O) groups excluding carboxylic acids is 2. The van der Waals surface area contributed by atoms with E-state index >= 15 is 0 Å². The molecule has 0 spiro atoms. The predicted octanol–water partition coefficient (Wildman–Crippen LogP) is 4.05. The number of amides is 1. The minimum Gasteiger partial charge on any atom is -0.493 e. The number of benzene rings is 2. The highest BCUT2D eigenvalue weighted by atomic mass is 35.5. The zero-order valence-electron chi connectivity index (χ0n) is 18.1. The number of methoxy groups -OCH3 is 1. The van der Waals surface area contributed by atoms with Crippen LogP contribution in [0.1, 0.15) is 35.7 Å². The quantitative estimate of drug-likeness (QED) is 0.431. The van der Waals surface area contributed by atoms with Gasteiger partial charge in [-0.15, -0.1) is 0 Å². The van der Waals surface area contributed by atoms with Crippen LogP contribution in [0.2, 0.25) is 5.02 Å². The largest absolute Gasteiger partial charge is 0.493 e. The van der Waals surface area contributed by atoms with Gasteiger partial charge in [-0.3, -0.25) is 14.5 Å². The van der Waals surface area contributed by atoms with Crippen molar-refractivity contribution in [3.05, 3.63) is 58.6 Å². The van der Waals surface area contributed by atoms with Crippen LogP contribution in [0.5, 0.6) is 11.5 Å². The molecule has 0 atom stereocenters. The zero-order valence-corrected chi connectivity index (χ0v) is 18.9. The van der Waals surface area contributed by atoms with E-state index < -0.39 is 0 Å². The molecule has 0 radical (unpaired) electrons. The Morgan fingerprint density at radius 3 is 2.48 bits per heavy atom. The van der Waals surface area contributed by atoms with Crippen molar-refractivity contribution < 1.29 is 19.1 Å². The second-order valence-electron chi connectivity index (χ2n) is 7.66. The van der Waals surface area contributed by atoms with Crippen LogP contribution in [0.15, 0.2) is 42.5 Å². The molecule has 0 bridgehead atoms. The van der Waals surface area contributed by atoms with Crippen molar-refractivity contribution in [3.8, 4) is 11.5 Å². The van der Waals surface area contributed by atoms with Crippen LogP contribution in [0.25, 0.3) is 0 Å². The third-order valence-electron chi connectivity index (χ3n) is 5.38. The topological polar surface area (TPSA) is 59.1 Å². The van der Waals surface area contributed by atoms with Gasteiger partial charge in [0.25, 0.3) is 0 Å². The number of Topliss-reactive ketones (excluding diaryl/α,β-unsaturated/α-hetero) is 1. The molecule has 1 amide bonds. The summed E-state index contributed by atoms with van der Waals surface area (Å²) in [5, 5.41) is 0.751. The van der Waals surface area contributed by atoms with Gasteiger partial charge in [-0.05, 0) is 49.2 Å². The van der Waals surface area contributed by atoms with Gasteiger partial charge in [-0.2, -0.15) is 0 Å². The van der Waals surface area contributed by atoms with E-state index in [0.717, 1.165) is 37.7 Å². The van der Waals surface area contributed by atoms with Gasteiger partial charge >= 0.3 is 0 Å². The highest BCUT2D eigenvalue weighted by molar-refractivity contribution is 6.30. The zero-order chi connectivity index (χ0) is 22.2. The Hall–Kier alpha value is -2.57. The first-order valence-corrected chi connectivity index (χ1v) is 10.9. The van der Waals surface area contributed by atoms with E-state index in [0.29, 0.717) is 36.5 Å². The van der Waals surface area contributed by atoms with E-state index in [4.69, 9.17) is 21.1 Å². The van der Waals surface area contributed by atoms with Crippen molar-refractivity contribution in [2.75, 3.05) is 39.9 Å². The van der Waals surface area contributed by atoms with E-state index in [-0.39, 0.29) is 11.7 Å². The number of halogens is 1. The molecule has 1 heterocycles. The van der Waals surface area contributed by atoms with Gasteiger partial charge in [0.2, 0.25) is 5.91 Å². The van der Waals surface area contributed by atoms with Crippen molar-refractivity contribution in [1.29, 1.82) is 0 Å². The molecule has 0 aliphatic carbocycles. The van der Waals surface area contributed by atoms with Gasteiger partial charge in [0.05, 0.1) is 13.7 Å². The van der Waals surface area contributed by atoms with E-state index in [9.17, 15) is 9.59 Å². The van der Waals surface area contributed by atoms with E-state index in [1.165, 1.54) is 12.5 Å². The van der Waals surface area contributed by atoms with Crippen LogP contribution in [0.3, 0.4) is 0 Å². The number of rotatable bonds is 9. The molecule has 2 aromatic rings. The summed E-state index contributed by atoms with van der Waals surface area (Å²) in [6, 6.07) is 13.0. The highest BCUT2D eigenvalue weighted by Gasteiger charge is 2.21. The van der Waals surface area contributed by atoms with E-state index in [1.54, 1.807) is 25.3 Å². The molecule has 6 nitrogen and oxygen atoms in total. The van der Waals surface area contributed by atoms with Crippen molar-refractivity contribution in [1.82, 2.24) is 9.80 Å². The Bertz CT molecular complexity index is 910. The van der Waals surface area contributed by atoms with Crippen LogP contribution < -0.4 is 9.47 Å². The Morgan fingerprint density at radius 1 is 1.03 bits per heavy atom. The predicted molar refractivity (Wildman–Crippen MR) is 121 cm³/mol. The lowest BCUT2D eigenvalue weighted by atomic mass is 10.1. The second-order valence-corrected chi connectivity index (χ2v) is 8.10. The van der Waals surface area contributed by atoms with Gasteiger partial charge in [0.15, 0.2) is 17.3 Å². The molecule has 1 aliphatic rings.